The Hall–Kier alpha value is -2.04. The van der Waals surface area contributed by atoms with Gasteiger partial charge >= 0.3 is 0 Å². The molecule has 0 spiro atoms. The van der Waals surface area contributed by atoms with Crippen molar-refractivity contribution >= 4 is 46.4 Å². The molecule has 126 valence electrons. The van der Waals surface area contributed by atoms with E-state index in [1.165, 1.54) is 11.8 Å². The Labute approximate surface area is 151 Å². The number of amides is 2. The van der Waals surface area contributed by atoms with Crippen LogP contribution in [0.5, 0.6) is 0 Å². The summed E-state index contributed by atoms with van der Waals surface area (Å²) >= 11 is 11.9. The van der Waals surface area contributed by atoms with Crippen LogP contribution in [0.3, 0.4) is 0 Å². The highest BCUT2D eigenvalue weighted by atomic mass is 35.5. The third kappa shape index (κ3) is 4.98. The first-order valence-corrected chi connectivity index (χ1v) is 8.22. The molecule has 0 saturated carbocycles. The lowest BCUT2D eigenvalue weighted by molar-refractivity contribution is -0.117. The van der Waals surface area contributed by atoms with Crippen molar-refractivity contribution in [2.75, 3.05) is 16.8 Å². The average molecular weight is 365 g/mol. The second kappa shape index (κ2) is 8.18. The van der Waals surface area contributed by atoms with Crippen molar-refractivity contribution in [2.24, 2.45) is 0 Å². The minimum absolute atomic E-state index is 0.146. The second-order valence-electron chi connectivity index (χ2n) is 5.41. The number of carbonyl (C=O) groups is 2. The molecule has 0 bridgehead atoms. The smallest absolute Gasteiger partial charge is 0.226 e. The first-order chi connectivity index (χ1) is 11.4. The summed E-state index contributed by atoms with van der Waals surface area (Å²) in [5, 5.41) is 3.99. The number of hydrogen-bond acceptors (Lipinski definition) is 2. The maximum absolute atomic E-state index is 12.2. The number of rotatable bonds is 5. The number of nitrogens with one attached hydrogen (secondary N) is 1. The molecule has 2 rings (SSSR count). The van der Waals surface area contributed by atoms with Crippen molar-refractivity contribution in [3.05, 3.63) is 58.1 Å². The van der Waals surface area contributed by atoms with Gasteiger partial charge in [-0.25, -0.2) is 0 Å². The molecule has 2 aromatic carbocycles. The van der Waals surface area contributed by atoms with Crippen molar-refractivity contribution in [1.82, 2.24) is 0 Å². The van der Waals surface area contributed by atoms with Crippen LogP contribution < -0.4 is 10.2 Å². The Morgan fingerprint density at radius 2 is 1.79 bits per heavy atom. The molecule has 0 aliphatic carbocycles. The highest BCUT2D eigenvalue weighted by Gasteiger charge is 2.14. The van der Waals surface area contributed by atoms with E-state index in [0.29, 0.717) is 21.4 Å². The summed E-state index contributed by atoms with van der Waals surface area (Å²) in [4.78, 5) is 25.5. The highest BCUT2D eigenvalue weighted by molar-refractivity contribution is 6.31. The van der Waals surface area contributed by atoms with E-state index in [2.05, 4.69) is 5.32 Å². The number of nitrogens with zero attached hydrogens (tertiary/aromatic N) is 1. The normalized spacial score (nSPS) is 10.3. The minimum atomic E-state index is -0.172. The van der Waals surface area contributed by atoms with Gasteiger partial charge in [-0.2, -0.15) is 0 Å². The summed E-state index contributed by atoms with van der Waals surface area (Å²) in [7, 11) is 0. The quantitative estimate of drug-likeness (QED) is 0.836. The van der Waals surface area contributed by atoms with Gasteiger partial charge < -0.3 is 10.2 Å². The standard InChI is InChI=1S/C18H18Cl2N2O2/c1-12-10-15(20)6-7-17(12)21-18(24)8-9-22(13(2)23)16-5-3-4-14(19)11-16/h3-7,10-11H,8-9H2,1-2H3,(H,21,24). The predicted octanol–water partition coefficient (Wildman–Crippen LogP) is 4.68. The van der Waals surface area contributed by atoms with Crippen LogP contribution in [0, 0.1) is 6.92 Å². The van der Waals surface area contributed by atoms with Crippen molar-refractivity contribution in [3.63, 3.8) is 0 Å². The van der Waals surface area contributed by atoms with Gasteiger partial charge in [0, 0.05) is 41.3 Å². The van der Waals surface area contributed by atoms with Crippen molar-refractivity contribution < 1.29 is 9.59 Å². The molecule has 0 radical (unpaired) electrons. The molecule has 0 aliphatic heterocycles. The van der Waals surface area contributed by atoms with Gasteiger partial charge in [-0.1, -0.05) is 29.3 Å². The van der Waals surface area contributed by atoms with Crippen LogP contribution >= 0.6 is 23.2 Å². The third-order valence-corrected chi connectivity index (χ3v) is 4.00. The highest BCUT2D eigenvalue weighted by Crippen LogP contribution is 2.21. The summed E-state index contributed by atoms with van der Waals surface area (Å²) in [5.41, 5.74) is 2.26. The Kier molecular flexibility index (Phi) is 6.23. The molecule has 0 fully saturated rings. The van der Waals surface area contributed by atoms with E-state index in [0.717, 1.165) is 5.56 Å². The maximum atomic E-state index is 12.2. The van der Waals surface area contributed by atoms with Gasteiger partial charge in [0.25, 0.3) is 0 Å². The van der Waals surface area contributed by atoms with Crippen molar-refractivity contribution in [3.8, 4) is 0 Å². The van der Waals surface area contributed by atoms with Gasteiger partial charge in [-0.15, -0.1) is 0 Å². The Balaban J connectivity index is 2.01. The zero-order valence-electron chi connectivity index (χ0n) is 13.5. The van der Waals surface area contributed by atoms with E-state index in [1.807, 2.05) is 6.92 Å². The van der Waals surface area contributed by atoms with Crippen LogP contribution in [-0.4, -0.2) is 18.4 Å². The number of anilines is 2. The zero-order chi connectivity index (χ0) is 17.7. The lowest BCUT2D eigenvalue weighted by atomic mass is 10.2. The van der Waals surface area contributed by atoms with Crippen LogP contribution in [0.25, 0.3) is 0 Å². The SMILES string of the molecule is CC(=O)N(CCC(=O)Nc1ccc(Cl)cc1C)c1cccc(Cl)c1. The van der Waals surface area contributed by atoms with E-state index in [-0.39, 0.29) is 24.8 Å². The second-order valence-corrected chi connectivity index (χ2v) is 6.28. The number of halogens is 2. The van der Waals surface area contributed by atoms with E-state index >= 15 is 0 Å². The van der Waals surface area contributed by atoms with Gasteiger partial charge in [0.15, 0.2) is 0 Å². The van der Waals surface area contributed by atoms with Crippen molar-refractivity contribution in [2.45, 2.75) is 20.3 Å². The third-order valence-electron chi connectivity index (χ3n) is 3.52. The maximum Gasteiger partial charge on any atom is 0.226 e. The zero-order valence-corrected chi connectivity index (χ0v) is 15.0. The Morgan fingerprint density at radius 3 is 2.42 bits per heavy atom. The summed E-state index contributed by atoms with van der Waals surface area (Å²) in [5.74, 6) is -0.318. The largest absolute Gasteiger partial charge is 0.326 e. The van der Waals surface area contributed by atoms with E-state index in [4.69, 9.17) is 23.2 Å². The first kappa shape index (κ1) is 18.3. The summed E-state index contributed by atoms with van der Waals surface area (Å²) in [6.45, 7) is 3.60. The minimum Gasteiger partial charge on any atom is -0.326 e. The van der Waals surface area contributed by atoms with Gasteiger partial charge in [0.1, 0.15) is 0 Å². The fraction of sp³-hybridized carbons (Fsp3) is 0.222. The van der Waals surface area contributed by atoms with Crippen LogP contribution in [0.4, 0.5) is 11.4 Å². The fourth-order valence-electron chi connectivity index (χ4n) is 2.31. The van der Waals surface area contributed by atoms with Gasteiger partial charge in [0.2, 0.25) is 11.8 Å². The van der Waals surface area contributed by atoms with Crippen LogP contribution in [0.2, 0.25) is 10.0 Å². The molecular weight excluding hydrogens is 347 g/mol. The Morgan fingerprint density at radius 1 is 1.08 bits per heavy atom. The van der Waals surface area contributed by atoms with Crippen molar-refractivity contribution in [1.29, 1.82) is 0 Å². The van der Waals surface area contributed by atoms with Crippen LogP contribution in [-0.2, 0) is 9.59 Å². The molecule has 0 saturated heterocycles. The molecule has 0 aromatic heterocycles. The summed E-state index contributed by atoms with van der Waals surface area (Å²) in [6, 6.07) is 12.3. The number of carbonyl (C=O) groups excluding carboxylic acids is 2. The summed E-state index contributed by atoms with van der Waals surface area (Å²) < 4.78 is 0. The van der Waals surface area contributed by atoms with Gasteiger partial charge in [-0.05, 0) is 48.9 Å². The number of hydrogen-bond donors (Lipinski definition) is 1. The molecule has 24 heavy (non-hydrogen) atoms. The van der Waals surface area contributed by atoms with Crippen LogP contribution in [0.15, 0.2) is 42.5 Å². The molecule has 0 atom stereocenters. The molecule has 0 unspecified atom stereocenters. The fourth-order valence-corrected chi connectivity index (χ4v) is 2.72. The molecule has 2 aromatic rings. The van der Waals surface area contributed by atoms with E-state index in [1.54, 1.807) is 42.5 Å². The molecule has 0 heterocycles. The molecule has 1 N–H and O–H groups in total. The molecule has 2 amide bonds. The molecular formula is C18H18Cl2N2O2. The molecule has 6 heteroatoms. The lowest BCUT2D eigenvalue weighted by Gasteiger charge is -2.21. The van der Waals surface area contributed by atoms with E-state index in [9.17, 15) is 9.59 Å². The average Bonchev–Trinajstić information content (AvgIpc) is 2.50. The first-order valence-electron chi connectivity index (χ1n) is 7.46. The molecule has 0 aliphatic rings. The lowest BCUT2D eigenvalue weighted by Crippen LogP contribution is -2.32. The molecule has 4 nitrogen and oxygen atoms in total. The van der Waals surface area contributed by atoms with Crippen LogP contribution in [0.1, 0.15) is 18.9 Å². The Bertz CT molecular complexity index is 762. The number of aryl methyl sites for hydroxylation is 1. The van der Waals surface area contributed by atoms with Gasteiger partial charge in [-0.3, -0.25) is 9.59 Å². The van der Waals surface area contributed by atoms with Gasteiger partial charge in [0.05, 0.1) is 0 Å². The predicted molar refractivity (Wildman–Crippen MR) is 98.9 cm³/mol. The van der Waals surface area contributed by atoms with E-state index < -0.39 is 0 Å². The summed E-state index contributed by atoms with van der Waals surface area (Å²) in [6.07, 6.45) is 0.175. The number of benzene rings is 2. The topological polar surface area (TPSA) is 49.4 Å². The monoisotopic (exact) mass is 364 g/mol.